The molecule has 0 bridgehead atoms. The van der Waals surface area contributed by atoms with Gasteiger partial charge in [0, 0.05) is 31.9 Å². The number of imidazole rings is 1. The van der Waals surface area contributed by atoms with Crippen LogP contribution in [0.5, 0.6) is 0 Å². The van der Waals surface area contributed by atoms with E-state index in [1.807, 2.05) is 13.1 Å². The van der Waals surface area contributed by atoms with E-state index < -0.39 is 9.84 Å². The molecule has 1 amide bonds. The van der Waals surface area contributed by atoms with Gasteiger partial charge in [0.1, 0.15) is 11.6 Å². The maximum Gasteiger partial charge on any atom is 0.237 e. The van der Waals surface area contributed by atoms with Gasteiger partial charge in [0.2, 0.25) is 5.91 Å². The van der Waals surface area contributed by atoms with E-state index in [1.54, 1.807) is 11.1 Å². The molecule has 124 valence electrons. The molecule has 1 fully saturated rings. The fourth-order valence-corrected chi connectivity index (χ4v) is 4.35. The molecule has 7 heteroatoms. The number of rotatable bonds is 6. The van der Waals surface area contributed by atoms with Crippen molar-refractivity contribution in [1.82, 2.24) is 14.5 Å². The van der Waals surface area contributed by atoms with Crippen LogP contribution in [0.25, 0.3) is 0 Å². The molecule has 0 N–H and O–H groups in total. The Bertz CT molecular complexity index is 609. The first-order chi connectivity index (χ1) is 10.5. The number of aromatic nitrogens is 2. The molecule has 0 aromatic carbocycles. The van der Waals surface area contributed by atoms with Gasteiger partial charge in [-0.2, -0.15) is 0 Å². The van der Waals surface area contributed by atoms with Crippen LogP contribution in [0, 0.1) is 0 Å². The van der Waals surface area contributed by atoms with Crippen LogP contribution in [-0.4, -0.2) is 53.4 Å². The summed E-state index contributed by atoms with van der Waals surface area (Å²) in [6.45, 7) is 5.09. The van der Waals surface area contributed by atoms with Crippen molar-refractivity contribution in [3.8, 4) is 0 Å². The van der Waals surface area contributed by atoms with E-state index in [0.29, 0.717) is 19.5 Å². The summed E-state index contributed by atoms with van der Waals surface area (Å²) in [5.41, 5.74) is 0. The van der Waals surface area contributed by atoms with Crippen molar-refractivity contribution in [2.24, 2.45) is 0 Å². The van der Waals surface area contributed by atoms with Gasteiger partial charge in [-0.3, -0.25) is 4.79 Å². The molecule has 6 nitrogen and oxygen atoms in total. The van der Waals surface area contributed by atoms with Crippen LogP contribution >= 0.6 is 0 Å². The third kappa shape index (κ3) is 4.09. The van der Waals surface area contributed by atoms with Crippen molar-refractivity contribution in [2.45, 2.75) is 45.6 Å². The normalized spacial score (nSPS) is 19.4. The van der Waals surface area contributed by atoms with E-state index in [1.165, 1.54) is 0 Å². The second-order valence-corrected chi connectivity index (χ2v) is 8.02. The maximum absolute atomic E-state index is 12.3. The van der Waals surface area contributed by atoms with Crippen LogP contribution < -0.4 is 0 Å². The van der Waals surface area contributed by atoms with Crippen molar-refractivity contribution in [3.05, 3.63) is 18.2 Å². The minimum atomic E-state index is -3.27. The molecule has 1 atom stereocenters. The van der Waals surface area contributed by atoms with E-state index in [-0.39, 0.29) is 23.5 Å². The van der Waals surface area contributed by atoms with Gasteiger partial charge in [-0.05, 0) is 19.3 Å². The molecule has 2 heterocycles. The van der Waals surface area contributed by atoms with Gasteiger partial charge in [0.15, 0.2) is 9.84 Å². The predicted octanol–water partition coefficient (Wildman–Crippen LogP) is 1.43. The van der Waals surface area contributed by atoms with Crippen molar-refractivity contribution in [3.63, 3.8) is 0 Å². The van der Waals surface area contributed by atoms with Gasteiger partial charge >= 0.3 is 0 Å². The molecule has 1 aromatic rings. The third-order valence-electron chi connectivity index (χ3n) is 4.07. The van der Waals surface area contributed by atoms with Gasteiger partial charge in [0.05, 0.1) is 11.8 Å². The molecule has 0 spiro atoms. The molecule has 1 aliphatic heterocycles. The number of sulfone groups is 1. The topological polar surface area (TPSA) is 72.3 Å². The summed E-state index contributed by atoms with van der Waals surface area (Å²) in [6, 6.07) is 0.198. The lowest BCUT2D eigenvalue weighted by Gasteiger charge is -2.34. The zero-order valence-electron chi connectivity index (χ0n) is 13.4. The van der Waals surface area contributed by atoms with Crippen LogP contribution in [0.15, 0.2) is 12.4 Å². The van der Waals surface area contributed by atoms with Gasteiger partial charge in [-0.15, -0.1) is 0 Å². The Labute approximate surface area is 132 Å². The number of carbonyl (C=O) groups excluding carboxylic acids is 1. The molecule has 2 rings (SSSR count). The zero-order valence-corrected chi connectivity index (χ0v) is 14.2. The van der Waals surface area contributed by atoms with Gasteiger partial charge in [0.25, 0.3) is 0 Å². The number of hydrogen-bond acceptors (Lipinski definition) is 4. The quantitative estimate of drug-likeness (QED) is 0.792. The number of amides is 1. The lowest BCUT2D eigenvalue weighted by molar-refractivity contribution is -0.130. The molecule has 0 saturated carbocycles. The Balaban J connectivity index is 2.03. The first kappa shape index (κ1) is 17.0. The van der Waals surface area contributed by atoms with E-state index >= 15 is 0 Å². The average Bonchev–Trinajstić information content (AvgIpc) is 2.95. The predicted molar refractivity (Wildman–Crippen MR) is 85.4 cm³/mol. The van der Waals surface area contributed by atoms with Crippen LogP contribution in [-0.2, 0) is 21.1 Å². The van der Waals surface area contributed by atoms with Gasteiger partial charge < -0.3 is 9.47 Å². The molecule has 1 unspecified atom stereocenters. The minimum absolute atomic E-state index is 0.0809. The SMILES string of the molecule is CCCS(=O)(=O)CC(=O)N1CCCC(n2ccnc2CC)C1. The third-order valence-corrected chi connectivity index (χ3v) is 5.78. The Morgan fingerprint density at radius 1 is 1.41 bits per heavy atom. The van der Waals surface area contributed by atoms with Crippen LogP contribution in [0.3, 0.4) is 0 Å². The monoisotopic (exact) mass is 327 g/mol. The van der Waals surface area contributed by atoms with E-state index in [9.17, 15) is 13.2 Å². The van der Waals surface area contributed by atoms with Crippen LogP contribution in [0.2, 0.25) is 0 Å². The number of aryl methyl sites for hydroxylation is 1. The Morgan fingerprint density at radius 3 is 2.86 bits per heavy atom. The first-order valence-electron chi connectivity index (χ1n) is 7.96. The summed E-state index contributed by atoms with van der Waals surface area (Å²) in [5, 5.41) is 0. The lowest BCUT2D eigenvalue weighted by Crippen LogP contribution is -2.43. The molecule has 1 aromatic heterocycles. The largest absolute Gasteiger partial charge is 0.340 e. The summed E-state index contributed by atoms with van der Waals surface area (Å²) in [7, 11) is -3.27. The van der Waals surface area contributed by atoms with Crippen molar-refractivity contribution in [2.75, 3.05) is 24.6 Å². The highest BCUT2D eigenvalue weighted by atomic mass is 32.2. The molecule has 22 heavy (non-hydrogen) atoms. The molecule has 0 aliphatic carbocycles. The van der Waals surface area contributed by atoms with Crippen molar-refractivity contribution >= 4 is 15.7 Å². The molecular formula is C15H25N3O3S. The van der Waals surface area contributed by atoms with Gasteiger partial charge in [-0.1, -0.05) is 13.8 Å². The molecule has 1 aliphatic rings. The Kier molecular flexibility index (Phi) is 5.61. The summed E-state index contributed by atoms with van der Waals surface area (Å²) in [4.78, 5) is 18.3. The number of carbonyl (C=O) groups is 1. The summed E-state index contributed by atoms with van der Waals surface area (Å²) in [5.74, 6) is 0.463. The van der Waals surface area contributed by atoms with Crippen molar-refractivity contribution in [1.29, 1.82) is 0 Å². The minimum Gasteiger partial charge on any atom is -0.340 e. The van der Waals surface area contributed by atoms with E-state index in [4.69, 9.17) is 0 Å². The van der Waals surface area contributed by atoms with Crippen LogP contribution in [0.4, 0.5) is 0 Å². The standard InChI is InChI=1S/C15H25N3O3S/c1-3-10-22(20,21)12-15(19)17-8-5-6-13(11-17)18-9-7-16-14(18)4-2/h7,9,13H,3-6,8,10-12H2,1-2H3. The highest BCUT2D eigenvalue weighted by molar-refractivity contribution is 7.92. The highest BCUT2D eigenvalue weighted by Crippen LogP contribution is 2.23. The second-order valence-electron chi connectivity index (χ2n) is 5.83. The molecular weight excluding hydrogens is 302 g/mol. The van der Waals surface area contributed by atoms with Crippen molar-refractivity contribution < 1.29 is 13.2 Å². The van der Waals surface area contributed by atoms with Gasteiger partial charge in [-0.25, -0.2) is 13.4 Å². The highest BCUT2D eigenvalue weighted by Gasteiger charge is 2.28. The number of nitrogens with zero attached hydrogens (tertiary/aromatic N) is 3. The van der Waals surface area contributed by atoms with E-state index in [0.717, 1.165) is 25.1 Å². The zero-order chi connectivity index (χ0) is 16.2. The summed E-state index contributed by atoms with van der Waals surface area (Å²) < 4.78 is 25.8. The number of likely N-dealkylation sites (tertiary alicyclic amines) is 1. The number of piperidine rings is 1. The van der Waals surface area contributed by atoms with Crippen LogP contribution in [0.1, 0.15) is 45.0 Å². The number of hydrogen-bond donors (Lipinski definition) is 0. The summed E-state index contributed by atoms with van der Waals surface area (Å²) in [6.07, 6.45) is 7.02. The van der Waals surface area contributed by atoms with E-state index in [2.05, 4.69) is 16.5 Å². The fourth-order valence-electron chi connectivity index (χ4n) is 3.02. The maximum atomic E-state index is 12.3. The Morgan fingerprint density at radius 2 is 2.18 bits per heavy atom. The Hall–Kier alpha value is -1.37. The fraction of sp³-hybridized carbons (Fsp3) is 0.733. The second kappa shape index (κ2) is 7.26. The first-order valence-corrected chi connectivity index (χ1v) is 9.79. The molecule has 0 radical (unpaired) electrons. The lowest BCUT2D eigenvalue weighted by atomic mass is 10.1. The molecule has 1 saturated heterocycles. The average molecular weight is 327 g/mol. The summed E-state index contributed by atoms with van der Waals surface area (Å²) >= 11 is 0. The smallest absolute Gasteiger partial charge is 0.237 e.